The van der Waals surface area contributed by atoms with Crippen molar-refractivity contribution in [3.8, 4) is 0 Å². The van der Waals surface area contributed by atoms with E-state index in [9.17, 15) is 0 Å². The molecule has 0 radical (unpaired) electrons. The third-order valence-corrected chi connectivity index (χ3v) is 3.23. The van der Waals surface area contributed by atoms with Crippen LogP contribution in [0.3, 0.4) is 0 Å². The second-order valence-corrected chi connectivity index (χ2v) is 4.58. The molecule has 2 aromatic rings. The molecule has 1 atom stereocenters. The van der Waals surface area contributed by atoms with Crippen LogP contribution in [0.25, 0.3) is 0 Å². The van der Waals surface area contributed by atoms with Crippen LogP contribution in [0, 0.1) is 0 Å². The van der Waals surface area contributed by atoms with Crippen molar-refractivity contribution in [3.63, 3.8) is 0 Å². The average Bonchev–Trinajstić information content (AvgIpc) is 2.79. The molecule has 0 aliphatic carbocycles. The molecule has 2 heterocycles. The maximum atomic E-state index is 5.23. The highest BCUT2D eigenvalue weighted by atomic mass is 16.3. The van der Waals surface area contributed by atoms with Gasteiger partial charge in [0.05, 0.1) is 11.4 Å². The first kappa shape index (κ1) is 10.3. The molecule has 1 aliphatic rings. The van der Waals surface area contributed by atoms with Gasteiger partial charge in [-0.15, -0.1) is 0 Å². The molecule has 3 nitrogen and oxygen atoms in total. The minimum Gasteiger partial charge on any atom is -0.468 e. The molecular formula is C14H16N2O. The summed E-state index contributed by atoms with van der Waals surface area (Å²) < 4.78 is 5.23. The van der Waals surface area contributed by atoms with Crippen LogP contribution in [0.15, 0.2) is 47.3 Å². The van der Waals surface area contributed by atoms with Crippen LogP contribution in [0.5, 0.6) is 0 Å². The van der Waals surface area contributed by atoms with E-state index in [1.807, 2.05) is 0 Å². The molecule has 17 heavy (non-hydrogen) atoms. The number of anilines is 2. The Hall–Kier alpha value is -1.90. The summed E-state index contributed by atoms with van der Waals surface area (Å²) in [4.78, 5) is 2.24. The van der Waals surface area contributed by atoms with Gasteiger partial charge in [-0.3, -0.25) is 0 Å². The van der Waals surface area contributed by atoms with E-state index in [0.717, 1.165) is 24.3 Å². The fraction of sp³-hybridized carbons (Fsp3) is 0.286. The van der Waals surface area contributed by atoms with E-state index in [4.69, 9.17) is 4.42 Å². The molecule has 0 saturated carbocycles. The zero-order valence-corrected chi connectivity index (χ0v) is 9.89. The molecule has 0 saturated heterocycles. The molecule has 88 valence electrons. The van der Waals surface area contributed by atoms with Crippen molar-refractivity contribution in [2.45, 2.75) is 12.5 Å². The summed E-state index contributed by atoms with van der Waals surface area (Å²) in [5, 5.41) is 3.52. The molecular weight excluding hydrogens is 212 g/mol. The molecule has 1 N–H and O–H groups in total. The Morgan fingerprint density at radius 2 is 2.12 bits per heavy atom. The molecule has 1 unspecified atom stereocenters. The second kappa shape index (κ2) is 4.17. The third-order valence-electron chi connectivity index (χ3n) is 3.23. The average molecular weight is 228 g/mol. The number of rotatable bonds is 2. The molecule has 1 aliphatic heterocycles. The molecule has 3 rings (SSSR count). The van der Waals surface area contributed by atoms with E-state index in [0.29, 0.717) is 6.04 Å². The van der Waals surface area contributed by atoms with Gasteiger partial charge >= 0.3 is 0 Å². The molecule has 3 heteroatoms. The van der Waals surface area contributed by atoms with Gasteiger partial charge in [-0.2, -0.15) is 0 Å². The quantitative estimate of drug-likeness (QED) is 0.856. The fourth-order valence-electron chi connectivity index (χ4n) is 2.40. The van der Waals surface area contributed by atoms with Gasteiger partial charge in [-0.25, -0.2) is 0 Å². The van der Waals surface area contributed by atoms with Crippen LogP contribution in [-0.4, -0.2) is 19.6 Å². The number of hydrogen-bond donors (Lipinski definition) is 1. The lowest BCUT2D eigenvalue weighted by molar-refractivity contribution is 0.568. The number of furan rings is 1. The number of likely N-dealkylation sites (N-methyl/N-ethyl adjacent to an activating group) is 1. The van der Waals surface area contributed by atoms with Crippen LogP contribution < -0.4 is 10.2 Å². The molecule has 0 bridgehead atoms. The summed E-state index contributed by atoms with van der Waals surface area (Å²) >= 11 is 0. The van der Waals surface area contributed by atoms with E-state index < -0.39 is 0 Å². The summed E-state index contributed by atoms with van der Waals surface area (Å²) in [6, 6.07) is 11.0. The summed E-state index contributed by atoms with van der Waals surface area (Å²) in [7, 11) is 2.10. The minimum absolute atomic E-state index is 0.437. The van der Waals surface area contributed by atoms with Crippen LogP contribution >= 0.6 is 0 Å². The lowest BCUT2D eigenvalue weighted by Crippen LogP contribution is -2.40. The predicted molar refractivity (Wildman–Crippen MR) is 69.5 cm³/mol. The zero-order valence-electron chi connectivity index (χ0n) is 9.89. The Bertz CT molecular complexity index is 492. The van der Waals surface area contributed by atoms with Gasteiger partial charge in [0, 0.05) is 19.6 Å². The number of benzene rings is 1. The normalized spacial score (nSPS) is 18.6. The Morgan fingerprint density at radius 3 is 2.94 bits per heavy atom. The first-order valence-electron chi connectivity index (χ1n) is 5.91. The highest BCUT2D eigenvalue weighted by Gasteiger charge is 2.22. The number of fused-ring (bicyclic) bond motifs is 1. The van der Waals surface area contributed by atoms with Crippen molar-refractivity contribution in [1.29, 1.82) is 0 Å². The predicted octanol–water partition coefficient (Wildman–Crippen LogP) is 2.75. The summed E-state index contributed by atoms with van der Waals surface area (Å²) in [5.41, 5.74) is 3.61. The number of nitrogens with zero attached hydrogens (tertiary/aromatic N) is 1. The number of nitrogens with one attached hydrogen (secondary N) is 1. The van der Waals surface area contributed by atoms with Crippen molar-refractivity contribution in [3.05, 3.63) is 48.4 Å². The Kier molecular flexibility index (Phi) is 2.52. The van der Waals surface area contributed by atoms with E-state index in [2.05, 4.69) is 47.6 Å². The molecule has 0 spiro atoms. The minimum atomic E-state index is 0.437. The van der Waals surface area contributed by atoms with Gasteiger partial charge in [0.15, 0.2) is 0 Å². The Balaban J connectivity index is 1.76. The van der Waals surface area contributed by atoms with Crippen LogP contribution in [0.2, 0.25) is 0 Å². The fourth-order valence-corrected chi connectivity index (χ4v) is 2.40. The lowest BCUT2D eigenvalue weighted by Gasteiger charge is -2.32. The summed E-state index contributed by atoms with van der Waals surface area (Å²) in [6.07, 6.45) is 4.61. The third kappa shape index (κ3) is 2.00. The van der Waals surface area contributed by atoms with Gasteiger partial charge in [-0.05, 0) is 12.0 Å². The van der Waals surface area contributed by atoms with Crippen LogP contribution in [0.1, 0.15) is 5.56 Å². The lowest BCUT2D eigenvalue weighted by atomic mass is 10.0. The topological polar surface area (TPSA) is 28.4 Å². The Labute approximate surface area is 101 Å². The zero-order chi connectivity index (χ0) is 11.7. The highest BCUT2D eigenvalue weighted by molar-refractivity contribution is 5.70. The van der Waals surface area contributed by atoms with Gasteiger partial charge in [0.25, 0.3) is 0 Å². The van der Waals surface area contributed by atoms with Crippen molar-refractivity contribution in [2.24, 2.45) is 0 Å². The first-order chi connectivity index (χ1) is 8.33. The van der Waals surface area contributed by atoms with Gasteiger partial charge in [0.2, 0.25) is 0 Å². The van der Waals surface area contributed by atoms with E-state index in [-0.39, 0.29) is 0 Å². The van der Waals surface area contributed by atoms with Crippen molar-refractivity contribution < 1.29 is 4.42 Å². The summed E-state index contributed by atoms with van der Waals surface area (Å²) in [5.74, 6) is 0. The monoisotopic (exact) mass is 228 g/mol. The maximum Gasteiger partial charge on any atom is 0.116 e. The largest absolute Gasteiger partial charge is 0.468 e. The van der Waals surface area contributed by atoms with Crippen molar-refractivity contribution in [2.75, 3.05) is 23.8 Å². The number of hydrogen-bond acceptors (Lipinski definition) is 3. The molecule has 1 aromatic heterocycles. The van der Waals surface area contributed by atoms with Gasteiger partial charge in [0.1, 0.15) is 12.5 Å². The van der Waals surface area contributed by atoms with Crippen LogP contribution in [-0.2, 0) is 6.42 Å². The molecule has 1 aromatic carbocycles. The van der Waals surface area contributed by atoms with E-state index >= 15 is 0 Å². The second-order valence-electron chi connectivity index (χ2n) is 4.58. The highest BCUT2D eigenvalue weighted by Crippen LogP contribution is 2.31. The van der Waals surface area contributed by atoms with E-state index in [1.165, 1.54) is 5.56 Å². The molecule has 0 amide bonds. The van der Waals surface area contributed by atoms with Gasteiger partial charge in [-0.1, -0.05) is 30.3 Å². The SMILES string of the molecule is CN1CC(Cc2ccccc2)Nc2cocc21. The molecule has 0 fully saturated rings. The smallest absolute Gasteiger partial charge is 0.116 e. The first-order valence-corrected chi connectivity index (χ1v) is 5.91. The van der Waals surface area contributed by atoms with Gasteiger partial charge < -0.3 is 14.6 Å². The van der Waals surface area contributed by atoms with Crippen LogP contribution in [0.4, 0.5) is 11.4 Å². The Morgan fingerprint density at radius 1 is 1.29 bits per heavy atom. The van der Waals surface area contributed by atoms with Crippen molar-refractivity contribution >= 4 is 11.4 Å². The summed E-state index contributed by atoms with van der Waals surface area (Å²) in [6.45, 7) is 1.00. The van der Waals surface area contributed by atoms with E-state index in [1.54, 1.807) is 12.5 Å². The maximum absolute atomic E-state index is 5.23. The van der Waals surface area contributed by atoms with Crippen molar-refractivity contribution in [1.82, 2.24) is 0 Å². The standard InChI is InChI=1S/C14H16N2O/c1-16-8-12(7-11-5-3-2-4-6-11)15-13-9-17-10-14(13)16/h2-6,9-10,12,15H,7-8H2,1H3.